The van der Waals surface area contributed by atoms with Crippen molar-refractivity contribution in [1.82, 2.24) is 5.32 Å². The lowest BCUT2D eigenvalue weighted by Gasteiger charge is -2.14. The summed E-state index contributed by atoms with van der Waals surface area (Å²) in [4.78, 5) is 29.0. The van der Waals surface area contributed by atoms with Gasteiger partial charge in [-0.2, -0.15) is 0 Å². The van der Waals surface area contributed by atoms with Crippen LogP contribution in [0.1, 0.15) is 78.1 Å². The molecular formula is C23H40NO5P. The summed E-state index contributed by atoms with van der Waals surface area (Å²) in [6, 6.07) is -0.443. The smallest absolute Gasteiger partial charge is 0.351 e. The second-order valence-corrected chi connectivity index (χ2v) is 8.47. The van der Waals surface area contributed by atoms with Crippen molar-refractivity contribution in [1.29, 1.82) is 0 Å². The van der Waals surface area contributed by atoms with E-state index in [1.165, 1.54) is 25.7 Å². The normalized spacial score (nSPS) is 13.9. The third-order valence-corrected chi connectivity index (χ3v) is 4.62. The number of hydrogen-bond acceptors (Lipinski definition) is 3. The van der Waals surface area contributed by atoms with Gasteiger partial charge in [0.25, 0.3) is 0 Å². The van der Waals surface area contributed by atoms with Gasteiger partial charge in [0.2, 0.25) is 5.91 Å². The van der Waals surface area contributed by atoms with Crippen LogP contribution >= 0.6 is 7.82 Å². The summed E-state index contributed by atoms with van der Waals surface area (Å²) in [6.07, 6.45) is 27.1. The maximum atomic E-state index is 11.7. The topological polar surface area (TPSA) is 95.9 Å². The lowest BCUT2D eigenvalue weighted by Crippen LogP contribution is -2.35. The first kappa shape index (κ1) is 28.5. The molecule has 0 aliphatic heterocycles. The quantitative estimate of drug-likeness (QED) is 0.143. The van der Waals surface area contributed by atoms with Crippen LogP contribution in [-0.4, -0.2) is 28.3 Å². The number of allylic oxidation sites excluding steroid dienone is 8. The highest BCUT2D eigenvalue weighted by Gasteiger charge is 2.16. The van der Waals surface area contributed by atoms with Gasteiger partial charge in [0.1, 0.15) is 0 Å². The highest BCUT2D eigenvalue weighted by atomic mass is 31.2. The molecule has 0 unspecified atom stereocenters. The minimum atomic E-state index is -4.49. The van der Waals surface area contributed by atoms with Crippen LogP contribution in [0.5, 0.6) is 0 Å². The van der Waals surface area contributed by atoms with Crippen molar-refractivity contribution in [2.24, 2.45) is 0 Å². The van der Waals surface area contributed by atoms with Crippen LogP contribution < -0.4 is 5.32 Å². The first-order valence-corrected chi connectivity index (χ1v) is 12.5. The van der Waals surface area contributed by atoms with E-state index in [2.05, 4.69) is 65.4 Å². The van der Waals surface area contributed by atoms with Crippen LogP contribution in [0.4, 0.5) is 0 Å². The Kier molecular flexibility index (Phi) is 18.6. The van der Waals surface area contributed by atoms with Gasteiger partial charge in [-0.05, 0) is 51.9 Å². The van der Waals surface area contributed by atoms with Crippen molar-refractivity contribution in [2.45, 2.75) is 84.1 Å². The van der Waals surface area contributed by atoms with E-state index in [0.717, 1.165) is 32.1 Å². The number of hydrogen-bond donors (Lipinski definition) is 3. The number of carbonyl (C=O) groups excluding carboxylic acids is 1. The van der Waals surface area contributed by atoms with Crippen LogP contribution in [0.25, 0.3) is 0 Å². The Morgan fingerprint density at radius 3 is 1.90 bits per heavy atom. The van der Waals surface area contributed by atoms with Crippen molar-refractivity contribution in [3.8, 4) is 0 Å². The summed E-state index contributed by atoms with van der Waals surface area (Å²) in [7, 11) is -4.49. The van der Waals surface area contributed by atoms with E-state index in [9.17, 15) is 9.36 Å². The average molecular weight is 442 g/mol. The Morgan fingerprint density at radius 2 is 1.40 bits per heavy atom. The van der Waals surface area contributed by atoms with Gasteiger partial charge in [-0.25, -0.2) is 4.57 Å². The number of unbranched alkanes of at least 4 members (excludes halogenated alkanes) is 4. The summed E-state index contributed by atoms with van der Waals surface area (Å²) < 4.78 is 15.0. The standard InChI is InChI=1S/C23H40NO5P/c1-3-4-5-6-7-8-9-10-11-12-13-14-15-16-17-18-19-20-23(25)24-22(2)21-29-30(26,27)28/h7-8,10-11,13-14,16-17,22H,3-6,9,12,15,18-21H2,1-2H3,(H,24,25)(H2,26,27,28)/t22-/m1/s1. The predicted molar refractivity (Wildman–Crippen MR) is 124 cm³/mol. The van der Waals surface area contributed by atoms with Gasteiger partial charge in [0.05, 0.1) is 6.61 Å². The van der Waals surface area contributed by atoms with Gasteiger partial charge in [-0.15, -0.1) is 0 Å². The highest BCUT2D eigenvalue weighted by molar-refractivity contribution is 7.46. The molecule has 1 amide bonds. The third-order valence-electron chi connectivity index (χ3n) is 4.13. The van der Waals surface area contributed by atoms with E-state index in [1.807, 2.05) is 0 Å². The molecule has 0 fully saturated rings. The van der Waals surface area contributed by atoms with Crippen LogP contribution in [0.2, 0.25) is 0 Å². The lowest BCUT2D eigenvalue weighted by molar-refractivity contribution is -0.122. The SMILES string of the molecule is CCCCCC=CCC=CCC=CCC=CCCCC(=O)N[C@H](C)COP(=O)(O)O. The molecule has 0 saturated heterocycles. The minimum absolute atomic E-state index is 0.146. The van der Waals surface area contributed by atoms with Crippen LogP contribution in [0, 0.1) is 0 Å². The van der Waals surface area contributed by atoms with Crippen molar-refractivity contribution in [3.05, 3.63) is 48.6 Å². The summed E-state index contributed by atoms with van der Waals surface area (Å²) in [5, 5.41) is 2.65. The zero-order chi connectivity index (χ0) is 22.5. The fourth-order valence-corrected chi connectivity index (χ4v) is 2.96. The Hall–Kier alpha value is -1.46. The van der Waals surface area contributed by atoms with Gasteiger partial charge < -0.3 is 15.1 Å². The molecular weight excluding hydrogens is 401 g/mol. The molecule has 0 aromatic rings. The van der Waals surface area contributed by atoms with Gasteiger partial charge >= 0.3 is 7.82 Å². The Morgan fingerprint density at radius 1 is 0.900 bits per heavy atom. The molecule has 0 aromatic carbocycles. The van der Waals surface area contributed by atoms with E-state index >= 15 is 0 Å². The second kappa shape index (κ2) is 19.5. The molecule has 0 radical (unpaired) electrons. The van der Waals surface area contributed by atoms with E-state index in [1.54, 1.807) is 6.92 Å². The summed E-state index contributed by atoms with van der Waals surface area (Å²) >= 11 is 0. The highest BCUT2D eigenvalue weighted by Crippen LogP contribution is 2.35. The molecule has 0 aliphatic carbocycles. The Labute approximate surface area is 182 Å². The Balaban J connectivity index is 3.62. The summed E-state index contributed by atoms with van der Waals surface area (Å²) in [5.74, 6) is -0.146. The fourth-order valence-electron chi connectivity index (χ4n) is 2.54. The molecule has 1 atom stereocenters. The van der Waals surface area contributed by atoms with Crippen LogP contribution in [-0.2, 0) is 13.9 Å². The third kappa shape index (κ3) is 22.8. The molecule has 0 heterocycles. The molecule has 0 aromatic heterocycles. The van der Waals surface area contributed by atoms with Gasteiger partial charge in [0, 0.05) is 12.5 Å². The number of carbonyl (C=O) groups is 1. The van der Waals surface area contributed by atoms with Gasteiger partial charge in [-0.3, -0.25) is 9.32 Å². The molecule has 6 nitrogen and oxygen atoms in total. The van der Waals surface area contributed by atoms with Crippen LogP contribution in [0.15, 0.2) is 48.6 Å². The molecule has 0 saturated carbocycles. The maximum absolute atomic E-state index is 11.7. The van der Waals surface area contributed by atoms with E-state index < -0.39 is 13.9 Å². The van der Waals surface area contributed by atoms with Gasteiger partial charge in [-0.1, -0.05) is 68.4 Å². The molecule has 0 aliphatic rings. The lowest BCUT2D eigenvalue weighted by atomic mass is 10.2. The van der Waals surface area contributed by atoms with Crippen molar-refractivity contribution < 1.29 is 23.7 Å². The number of rotatable bonds is 18. The Bertz CT molecular complexity index is 592. The largest absolute Gasteiger partial charge is 0.469 e. The first-order chi connectivity index (χ1) is 14.3. The summed E-state index contributed by atoms with van der Waals surface area (Å²) in [6.45, 7) is 3.65. The van der Waals surface area contributed by atoms with E-state index in [0.29, 0.717) is 6.42 Å². The zero-order valence-corrected chi connectivity index (χ0v) is 19.4. The molecule has 30 heavy (non-hydrogen) atoms. The number of phosphoric ester groups is 1. The molecule has 0 spiro atoms. The monoisotopic (exact) mass is 441 g/mol. The van der Waals surface area contributed by atoms with Crippen LogP contribution in [0.3, 0.4) is 0 Å². The molecule has 7 heteroatoms. The van der Waals surface area contributed by atoms with Crippen molar-refractivity contribution in [3.63, 3.8) is 0 Å². The first-order valence-electron chi connectivity index (χ1n) is 10.9. The maximum Gasteiger partial charge on any atom is 0.469 e. The molecule has 0 bridgehead atoms. The summed E-state index contributed by atoms with van der Waals surface area (Å²) in [5.41, 5.74) is 0. The average Bonchev–Trinajstić information content (AvgIpc) is 2.68. The molecule has 172 valence electrons. The fraction of sp³-hybridized carbons (Fsp3) is 0.609. The van der Waals surface area contributed by atoms with Crippen molar-refractivity contribution >= 4 is 13.7 Å². The van der Waals surface area contributed by atoms with Crippen molar-refractivity contribution in [2.75, 3.05) is 6.61 Å². The second-order valence-electron chi connectivity index (χ2n) is 7.24. The molecule has 3 N–H and O–H groups in total. The van der Waals surface area contributed by atoms with Gasteiger partial charge in [0.15, 0.2) is 0 Å². The van der Waals surface area contributed by atoms with E-state index in [4.69, 9.17) is 9.79 Å². The minimum Gasteiger partial charge on any atom is -0.351 e. The number of nitrogens with one attached hydrogen (secondary N) is 1. The zero-order valence-electron chi connectivity index (χ0n) is 18.5. The van der Waals surface area contributed by atoms with E-state index in [-0.39, 0.29) is 12.5 Å². The number of phosphoric acid groups is 1. The molecule has 0 rings (SSSR count). The predicted octanol–water partition coefficient (Wildman–Crippen LogP) is 5.75. The number of amides is 1.